The third-order valence-electron chi connectivity index (χ3n) is 6.89. The van der Waals surface area contributed by atoms with E-state index in [1.807, 2.05) is 12.1 Å². The number of nitrogens with one attached hydrogen (secondary N) is 2. The van der Waals surface area contributed by atoms with Crippen LogP contribution in [-0.4, -0.2) is 37.9 Å². The second-order valence-electron chi connectivity index (χ2n) is 10.1. The lowest BCUT2D eigenvalue weighted by Crippen LogP contribution is -2.48. The van der Waals surface area contributed by atoms with Gasteiger partial charge < -0.3 is 20.1 Å². The fourth-order valence-electron chi connectivity index (χ4n) is 4.94. The minimum absolute atomic E-state index is 0.0526. The second kappa shape index (κ2) is 9.51. The third kappa shape index (κ3) is 5.43. The van der Waals surface area contributed by atoms with Crippen LogP contribution in [-0.2, 0) is 19.7 Å². The summed E-state index contributed by atoms with van der Waals surface area (Å²) in [6.07, 6.45) is 5.59. The highest BCUT2D eigenvalue weighted by Crippen LogP contribution is 2.58. The van der Waals surface area contributed by atoms with Crippen LogP contribution in [0.3, 0.4) is 0 Å². The topological polar surface area (TPSA) is 76.7 Å². The van der Waals surface area contributed by atoms with Gasteiger partial charge in [-0.2, -0.15) is 0 Å². The molecule has 176 valence electrons. The van der Waals surface area contributed by atoms with Crippen LogP contribution in [0.15, 0.2) is 36.2 Å². The van der Waals surface area contributed by atoms with E-state index in [9.17, 15) is 14.0 Å². The number of hydrogen-bond donors (Lipinski definition) is 2. The molecular formula is C25H35FN2O4. The minimum Gasteiger partial charge on any atom is -0.469 e. The van der Waals surface area contributed by atoms with Crippen LogP contribution >= 0.6 is 0 Å². The van der Waals surface area contributed by atoms with Crippen LogP contribution in [0.25, 0.3) is 0 Å². The number of anilines is 1. The monoisotopic (exact) mass is 446 g/mol. The highest BCUT2D eigenvalue weighted by Gasteiger charge is 2.53. The molecule has 0 aliphatic heterocycles. The van der Waals surface area contributed by atoms with E-state index in [2.05, 4.69) is 22.8 Å². The highest BCUT2D eigenvalue weighted by atomic mass is 19.1. The summed E-state index contributed by atoms with van der Waals surface area (Å²) >= 11 is 0. The summed E-state index contributed by atoms with van der Waals surface area (Å²) in [7, 11) is 1.48. The first kappa shape index (κ1) is 24.1. The zero-order valence-electron chi connectivity index (χ0n) is 19.6. The second-order valence-corrected chi connectivity index (χ2v) is 10.1. The molecule has 32 heavy (non-hydrogen) atoms. The maximum Gasteiger partial charge on any atom is 0.407 e. The SMILES string of the molecule is COC(=O)C12CCC(c3ccc(NC/C(=C\F)CNC(=O)OC(C)(C)C)cc3)(CC1)CC2. The first-order valence-corrected chi connectivity index (χ1v) is 11.3. The van der Waals surface area contributed by atoms with Gasteiger partial charge in [0.15, 0.2) is 0 Å². The van der Waals surface area contributed by atoms with Crippen molar-refractivity contribution in [3.8, 4) is 0 Å². The van der Waals surface area contributed by atoms with Crippen LogP contribution in [0, 0.1) is 5.41 Å². The molecule has 2 N–H and O–H groups in total. The van der Waals surface area contributed by atoms with E-state index in [0.717, 1.165) is 44.2 Å². The van der Waals surface area contributed by atoms with E-state index < -0.39 is 11.7 Å². The van der Waals surface area contributed by atoms with E-state index >= 15 is 0 Å². The Balaban J connectivity index is 1.52. The van der Waals surface area contributed by atoms with E-state index in [1.54, 1.807) is 20.8 Å². The summed E-state index contributed by atoms with van der Waals surface area (Å²) in [5.74, 6) is -0.0526. The number of ether oxygens (including phenoxy) is 2. The van der Waals surface area contributed by atoms with Crippen molar-refractivity contribution in [1.82, 2.24) is 5.32 Å². The van der Waals surface area contributed by atoms with Gasteiger partial charge in [0.05, 0.1) is 18.9 Å². The van der Waals surface area contributed by atoms with Gasteiger partial charge in [-0.1, -0.05) is 12.1 Å². The molecule has 1 amide bonds. The molecule has 6 nitrogen and oxygen atoms in total. The van der Waals surface area contributed by atoms with Crippen molar-refractivity contribution in [2.45, 2.75) is 70.3 Å². The van der Waals surface area contributed by atoms with Crippen LogP contribution in [0.2, 0.25) is 0 Å². The standard InChI is InChI=1S/C25H35FN2O4/c1-23(2,3)32-22(30)28-17-18(15-26)16-27-20-7-5-19(6-8-20)24-9-12-25(13-10-24,14-11-24)21(29)31-4/h5-8,15,27H,9-14,16-17H2,1-4H3,(H,28,30)/b18-15+. The number of carbonyl (C=O) groups excluding carboxylic acids is 2. The van der Waals surface area contributed by atoms with Gasteiger partial charge in [-0.05, 0) is 88.0 Å². The Bertz CT molecular complexity index is 833. The van der Waals surface area contributed by atoms with E-state index in [0.29, 0.717) is 11.9 Å². The van der Waals surface area contributed by atoms with E-state index in [-0.39, 0.29) is 29.9 Å². The molecule has 0 heterocycles. The van der Waals surface area contributed by atoms with Crippen molar-refractivity contribution in [3.63, 3.8) is 0 Å². The molecule has 0 spiro atoms. The lowest BCUT2D eigenvalue weighted by Gasteiger charge is -2.52. The molecule has 1 aromatic carbocycles. The summed E-state index contributed by atoms with van der Waals surface area (Å²) in [5, 5.41) is 5.77. The van der Waals surface area contributed by atoms with Gasteiger partial charge >= 0.3 is 12.1 Å². The number of alkyl carbamates (subject to hydrolysis) is 1. The first-order chi connectivity index (χ1) is 15.1. The Labute approximate surface area is 189 Å². The summed E-state index contributed by atoms with van der Waals surface area (Å²) in [6.45, 7) is 5.68. The molecular weight excluding hydrogens is 411 g/mol. The Morgan fingerprint density at radius 3 is 2.12 bits per heavy atom. The zero-order chi connectivity index (χ0) is 23.4. The van der Waals surface area contributed by atoms with Gasteiger partial charge in [-0.3, -0.25) is 4.79 Å². The minimum atomic E-state index is -0.597. The van der Waals surface area contributed by atoms with Gasteiger partial charge in [0.25, 0.3) is 0 Å². The molecule has 0 atom stereocenters. The van der Waals surface area contributed by atoms with Crippen molar-refractivity contribution in [3.05, 3.63) is 41.7 Å². The van der Waals surface area contributed by atoms with Crippen molar-refractivity contribution >= 4 is 17.7 Å². The van der Waals surface area contributed by atoms with Crippen molar-refractivity contribution in [2.24, 2.45) is 5.41 Å². The fourth-order valence-corrected chi connectivity index (χ4v) is 4.94. The lowest BCUT2D eigenvalue weighted by molar-refractivity contribution is -0.160. The molecule has 7 heteroatoms. The average molecular weight is 447 g/mol. The molecule has 0 saturated heterocycles. The van der Waals surface area contributed by atoms with Gasteiger partial charge in [-0.15, -0.1) is 0 Å². The van der Waals surface area contributed by atoms with Crippen molar-refractivity contribution in [1.29, 1.82) is 0 Å². The summed E-state index contributed by atoms with van der Waals surface area (Å²) in [6, 6.07) is 8.29. The maximum absolute atomic E-state index is 13.2. The highest BCUT2D eigenvalue weighted by molar-refractivity contribution is 5.77. The molecule has 0 unspecified atom stereocenters. The summed E-state index contributed by atoms with van der Waals surface area (Å²) in [4.78, 5) is 24.0. The van der Waals surface area contributed by atoms with Crippen LogP contribution in [0.5, 0.6) is 0 Å². The molecule has 3 aliphatic rings. The van der Waals surface area contributed by atoms with Gasteiger partial charge in [0.1, 0.15) is 5.60 Å². The number of fused-ring (bicyclic) bond motifs is 3. The van der Waals surface area contributed by atoms with Gasteiger partial charge in [0, 0.05) is 18.8 Å². The average Bonchev–Trinajstić information content (AvgIpc) is 2.79. The number of methoxy groups -OCH3 is 1. The van der Waals surface area contributed by atoms with Crippen LogP contribution < -0.4 is 10.6 Å². The number of esters is 1. The molecule has 3 saturated carbocycles. The predicted molar refractivity (Wildman–Crippen MR) is 122 cm³/mol. The molecule has 3 aliphatic carbocycles. The molecule has 0 radical (unpaired) electrons. The number of benzene rings is 1. The van der Waals surface area contributed by atoms with Crippen molar-refractivity contribution < 1.29 is 23.5 Å². The molecule has 3 fully saturated rings. The number of amides is 1. The largest absolute Gasteiger partial charge is 0.469 e. The fraction of sp³-hybridized carbons (Fsp3) is 0.600. The Hall–Kier alpha value is -2.57. The predicted octanol–water partition coefficient (Wildman–Crippen LogP) is 5.24. The number of halogens is 1. The Kier molecular flexibility index (Phi) is 7.16. The molecule has 1 aromatic rings. The smallest absolute Gasteiger partial charge is 0.407 e. The Morgan fingerprint density at radius 1 is 1.03 bits per heavy atom. The third-order valence-corrected chi connectivity index (χ3v) is 6.89. The molecule has 0 aromatic heterocycles. The maximum atomic E-state index is 13.2. The summed E-state index contributed by atoms with van der Waals surface area (Å²) in [5.41, 5.74) is 1.86. The molecule has 4 rings (SSSR count). The van der Waals surface area contributed by atoms with Gasteiger partial charge in [-0.25, -0.2) is 9.18 Å². The lowest BCUT2D eigenvalue weighted by atomic mass is 9.52. The van der Waals surface area contributed by atoms with Gasteiger partial charge in [0.2, 0.25) is 0 Å². The van der Waals surface area contributed by atoms with E-state index in [4.69, 9.17) is 9.47 Å². The summed E-state index contributed by atoms with van der Waals surface area (Å²) < 4.78 is 23.5. The van der Waals surface area contributed by atoms with Crippen LogP contribution in [0.1, 0.15) is 64.9 Å². The first-order valence-electron chi connectivity index (χ1n) is 11.3. The Morgan fingerprint density at radius 2 is 1.62 bits per heavy atom. The quantitative estimate of drug-likeness (QED) is 0.560. The normalized spacial score (nSPS) is 25.2. The number of carbonyl (C=O) groups is 2. The number of hydrogen-bond acceptors (Lipinski definition) is 5. The number of rotatable bonds is 7. The van der Waals surface area contributed by atoms with Crippen LogP contribution in [0.4, 0.5) is 14.9 Å². The van der Waals surface area contributed by atoms with Crippen molar-refractivity contribution in [2.75, 3.05) is 25.5 Å². The zero-order valence-corrected chi connectivity index (χ0v) is 19.6. The van der Waals surface area contributed by atoms with E-state index in [1.165, 1.54) is 12.7 Å². The molecule has 2 bridgehead atoms.